The minimum absolute atomic E-state index is 0.00920. The molecule has 2 N–H and O–H groups in total. The predicted molar refractivity (Wildman–Crippen MR) is 82.3 cm³/mol. The molecular formula is C16H25NO5. The Bertz CT molecular complexity index is 475. The van der Waals surface area contributed by atoms with Crippen LogP contribution in [0.25, 0.3) is 0 Å². The maximum absolute atomic E-state index is 11.9. The van der Waals surface area contributed by atoms with Crippen molar-refractivity contribution in [3.63, 3.8) is 0 Å². The third-order valence-electron chi connectivity index (χ3n) is 3.31. The molecule has 1 aliphatic rings. The fraction of sp³-hybridized carbons (Fsp3) is 0.625. The Kier molecular flexibility index (Phi) is 6.02. The van der Waals surface area contributed by atoms with Gasteiger partial charge in [0.2, 0.25) is 0 Å². The van der Waals surface area contributed by atoms with Gasteiger partial charge in [0, 0.05) is 0 Å². The summed E-state index contributed by atoms with van der Waals surface area (Å²) in [7, 11) is 1.28. The average Bonchev–Trinajstić information content (AvgIpc) is 2.37. The molecule has 0 saturated carbocycles. The lowest BCUT2D eigenvalue weighted by Crippen LogP contribution is -2.45. The molecular weight excluding hydrogens is 286 g/mol. The number of nitrogens with one attached hydrogen (secondary N) is 1. The number of ether oxygens (including phenoxy) is 2. The van der Waals surface area contributed by atoms with Gasteiger partial charge in [0.25, 0.3) is 0 Å². The fourth-order valence-corrected chi connectivity index (χ4v) is 2.22. The highest BCUT2D eigenvalue weighted by Crippen LogP contribution is 2.26. The molecule has 0 aliphatic heterocycles. The zero-order valence-electron chi connectivity index (χ0n) is 13.8. The van der Waals surface area contributed by atoms with Crippen molar-refractivity contribution in [3.8, 4) is 0 Å². The zero-order chi connectivity index (χ0) is 16.9. The van der Waals surface area contributed by atoms with E-state index in [0.29, 0.717) is 6.42 Å². The zero-order valence-corrected chi connectivity index (χ0v) is 13.8. The summed E-state index contributed by atoms with van der Waals surface area (Å²) < 4.78 is 9.91. The number of aliphatic hydroxyl groups is 1. The fourth-order valence-electron chi connectivity index (χ4n) is 2.22. The maximum Gasteiger partial charge on any atom is 0.408 e. The number of carbonyl (C=O) groups excluding carboxylic acids is 2. The second kappa shape index (κ2) is 7.33. The van der Waals surface area contributed by atoms with Crippen LogP contribution in [0, 0.1) is 11.8 Å². The predicted octanol–water partition coefficient (Wildman–Crippen LogP) is 2.71. The maximum atomic E-state index is 11.9. The molecule has 0 saturated heterocycles. The van der Waals surface area contributed by atoms with E-state index in [9.17, 15) is 14.7 Å². The number of amides is 1. The number of carbonyl (C=O) groups is 2. The highest BCUT2D eigenvalue weighted by molar-refractivity contribution is 5.81. The molecule has 124 valence electrons. The summed E-state index contributed by atoms with van der Waals surface area (Å²) in [6.07, 6.45) is 4.84. The van der Waals surface area contributed by atoms with Crippen molar-refractivity contribution >= 4 is 12.1 Å². The van der Waals surface area contributed by atoms with Crippen LogP contribution in [-0.2, 0) is 14.3 Å². The van der Waals surface area contributed by atoms with E-state index in [2.05, 4.69) is 5.32 Å². The molecule has 0 bridgehead atoms. The smallest absolute Gasteiger partial charge is 0.408 e. The second-order valence-corrected chi connectivity index (χ2v) is 6.43. The summed E-state index contributed by atoms with van der Waals surface area (Å²) in [6, 6.07) is -0.800. The monoisotopic (exact) mass is 311 g/mol. The third-order valence-corrected chi connectivity index (χ3v) is 3.31. The Balaban J connectivity index is 2.72. The van der Waals surface area contributed by atoms with Crippen molar-refractivity contribution in [1.29, 1.82) is 0 Å². The Morgan fingerprint density at radius 1 is 1.41 bits per heavy atom. The number of rotatable bonds is 4. The third kappa shape index (κ3) is 5.79. The summed E-state index contributed by atoms with van der Waals surface area (Å²) in [6.45, 7) is 7.18. The standard InChI is InChI=1S/C16H25NO5/c1-10-8-12(18)7-6-11(10)9-13(14(19)21-5)17-15(20)22-16(2,3)4/h6-8,10-11,13,18H,9H2,1-5H3,(H,17,20)/t10?,11?,13-/m0/s1. The number of alkyl carbamates (subject to hydrolysis) is 1. The van der Waals surface area contributed by atoms with Crippen molar-refractivity contribution in [2.75, 3.05) is 7.11 Å². The minimum atomic E-state index is -0.800. The van der Waals surface area contributed by atoms with Gasteiger partial charge < -0.3 is 19.9 Å². The van der Waals surface area contributed by atoms with Crippen molar-refractivity contribution in [2.24, 2.45) is 11.8 Å². The molecule has 2 unspecified atom stereocenters. The highest BCUT2D eigenvalue weighted by Gasteiger charge is 2.29. The summed E-state index contributed by atoms with van der Waals surface area (Å²) in [5, 5.41) is 12.0. The number of hydrogen-bond acceptors (Lipinski definition) is 5. The molecule has 6 nitrogen and oxygen atoms in total. The molecule has 6 heteroatoms. The van der Waals surface area contributed by atoms with Gasteiger partial charge in [-0.1, -0.05) is 13.0 Å². The lowest BCUT2D eigenvalue weighted by atomic mass is 9.84. The van der Waals surface area contributed by atoms with E-state index < -0.39 is 23.7 Å². The van der Waals surface area contributed by atoms with Gasteiger partial charge in [0.1, 0.15) is 17.4 Å². The van der Waals surface area contributed by atoms with Gasteiger partial charge >= 0.3 is 12.1 Å². The number of esters is 1. The van der Waals surface area contributed by atoms with Crippen LogP contribution in [0.3, 0.4) is 0 Å². The Morgan fingerprint density at radius 2 is 2.05 bits per heavy atom. The van der Waals surface area contributed by atoms with Crippen LogP contribution in [-0.4, -0.2) is 35.9 Å². The first kappa shape index (κ1) is 18.1. The molecule has 0 aromatic rings. The van der Waals surface area contributed by atoms with Crippen LogP contribution in [0.15, 0.2) is 24.0 Å². The van der Waals surface area contributed by atoms with Gasteiger partial charge in [-0.3, -0.25) is 0 Å². The normalized spacial score (nSPS) is 22.5. The van der Waals surface area contributed by atoms with Gasteiger partial charge in [-0.25, -0.2) is 9.59 Å². The number of aliphatic hydroxyl groups excluding tert-OH is 1. The molecule has 22 heavy (non-hydrogen) atoms. The SMILES string of the molecule is COC(=O)[C@H](CC1C=CC(O)=CC1C)NC(=O)OC(C)(C)C. The number of methoxy groups -OCH3 is 1. The molecule has 0 aromatic heterocycles. The van der Waals surface area contributed by atoms with Crippen LogP contribution >= 0.6 is 0 Å². The molecule has 0 aromatic carbocycles. The van der Waals surface area contributed by atoms with E-state index in [1.165, 1.54) is 7.11 Å². The molecule has 3 atom stereocenters. The largest absolute Gasteiger partial charge is 0.508 e. The highest BCUT2D eigenvalue weighted by atomic mass is 16.6. The van der Waals surface area contributed by atoms with Gasteiger partial charge in [-0.2, -0.15) is 0 Å². The lowest BCUT2D eigenvalue weighted by Gasteiger charge is -2.27. The van der Waals surface area contributed by atoms with Gasteiger partial charge in [0.15, 0.2) is 0 Å². The molecule has 0 radical (unpaired) electrons. The van der Waals surface area contributed by atoms with Gasteiger partial charge in [0.05, 0.1) is 7.11 Å². The van der Waals surface area contributed by atoms with Gasteiger partial charge in [-0.15, -0.1) is 0 Å². The average molecular weight is 311 g/mol. The first-order chi connectivity index (χ1) is 10.1. The van der Waals surface area contributed by atoms with Crippen molar-refractivity contribution in [2.45, 2.75) is 45.8 Å². The lowest BCUT2D eigenvalue weighted by molar-refractivity contribution is -0.143. The Morgan fingerprint density at radius 3 is 2.55 bits per heavy atom. The summed E-state index contributed by atoms with van der Waals surface area (Å²) >= 11 is 0. The molecule has 0 heterocycles. The van der Waals surface area contributed by atoms with E-state index in [0.717, 1.165) is 0 Å². The topological polar surface area (TPSA) is 84.9 Å². The second-order valence-electron chi connectivity index (χ2n) is 6.43. The minimum Gasteiger partial charge on any atom is -0.508 e. The van der Waals surface area contributed by atoms with Gasteiger partial charge in [-0.05, 0) is 51.2 Å². The van der Waals surface area contributed by atoms with Crippen molar-refractivity contribution < 1.29 is 24.2 Å². The Hall–Kier alpha value is -1.98. The molecule has 1 rings (SSSR count). The molecule has 1 aliphatic carbocycles. The van der Waals surface area contributed by atoms with Crippen molar-refractivity contribution in [3.05, 3.63) is 24.0 Å². The van der Waals surface area contributed by atoms with Crippen LogP contribution < -0.4 is 5.32 Å². The number of hydrogen-bond donors (Lipinski definition) is 2. The van der Waals surface area contributed by atoms with Crippen LogP contribution in [0.1, 0.15) is 34.1 Å². The molecule has 0 spiro atoms. The summed E-state index contributed by atoms with van der Waals surface area (Å²) in [5.74, 6) is -0.253. The van der Waals surface area contributed by atoms with E-state index in [4.69, 9.17) is 9.47 Å². The van der Waals surface area contributed by atoms with E-state index in [-0.39, 0.29) is 17.6 Å². The first-order valence-corrected chi connectivity index (χ1v) is 7.28. The quantitative estimate of drug-likeness (QED) is 0.780. The first-order valence-electron chi connectivity index (χ1n) is 7.28. The molecule has 0 fully saturated rings. The van der Waals surface area contributed by atoms with Crippen LogP contribution in [0.4, 0.5) is 4.79 Å². The Labute approximate surface area is 131 Å². The van der Waals surface area contributed by atoms with Crippen LogP contribution in [0.5, 0.6) is 0 Å². The summed E-state index contributed by atoms with van der Waals surface area (Å²) in [4.78, 5) is 23.7. The summed E-state index contributed by atoms with van der Waals surface area (Å²) in [5.41, 5.74) is -0.642. The van der Waals surface area contributed by atoms with E-state index >= 15 is 0 Å². The van der Waals surface area contributed by atoms with Crippen molar-refractivity contribution in [1.82, 2.24) is 5.32 Å². The molecule has 1 amide bonds. The number of allylic oxidation sites excluding steroid dienone is 3. The van der Waals surface area contributed by atoms with Crippen LogP contribution in [0.2, 0.25) is 0 Å². The van der Waals surface area contributed by atoms with E-state index in [1.54, 1.807) is 32.9 Å². The van der Waals surface area contributed by atoms with E-state index in [1.807, 2.05) is 13.0 Å².